The van der Waals surface area contributed by atoms with Crippen LogP contribution in [0.5, 0.6) is 0 Å². The number of aromatic amines is 1. The van der Waals surface area contributed by atoms with Crippen molar-refractivity contribution in [3.8, 4) is 0 Å². The Morgan fingerprint density at radius 2 is 2.10 bits per heavy atom. The van der Waals surface area contributed by atoms with E-state index in [0.717, 1.165) is 27.5 Å². The predicted molar refractivity (Wildman–Crippen MR) is 120 cm³/mol. The van der Waals surface area contributed by atoms with Crippen molar-refractivity contribution in [1.82, 2.24) is 20.2 Å². The molecule has 1 saturated heterocycles. The van der Waals surface area contributed by atoms with Gasteiger partial charge in [0, 0.05) is 61.3 Å². The standard InChI is InChI=1S/C23H26BrFN4O/c1-2-16-6-7-17(27-12-16)13-26-15-23(25)8-10-29(11-9-23)22(30)19-14-28-21-18(19)4-3-5-20(21)24/h3-7,12,14,26,28H,2,8-11,13,15H2,1H3. The third-order valence-electron chi connectivity index (χ3n) is 5.88. The lowest BCUT2D eigenvalue weighted by Crippen LogP contribution is -2.48. The van der Waals surface area contributed by atoms with E-state index in [1.165, 1.54) is 5.56 Å². The number of pyridine rings is 1. The molecule has 158 valence electrons. The maximum atomic E-state index is 15.2. The lowest BCUT2D eigenvalue weighted by atomic mass is 9.92. The molecular formula is C23H26BrFN4O. The molecule has 3 aromatic rings. The van der Waals surface area contributed by atoms with Gasteiger partial charge in [0.2, 0.25) is 0 Å². The summed E-state index contributed by atoms with van der Waals surface area (Å²) in [6, 6.07) is 9.82. The average molecular weight is 473 g/mol. The fourth-order valence-electron chi connectivity index (χ4n) is 3.94. The quantitative estimate of drug-likeness (QED) is 0.549. The Kier molecular flexibility index (Phi) is 6.20. The molecule has 7 heteroatoms. The normalized spacial score (nSPS) is 16.2. The highest BCUT2D eigenvalue weighted by molar-refractivity contribution is 9.10. The number of hydrogen-bond donors (Lipinski definition) is 2. The summed E-state index contributed by atoms with van der Waals surface area (Å²) in [5, 5.41) is 4.08. The van der Waals surface area contributed by atoms with Gasteiger partial charge >= 0.3 is 0 Å². The summed E-state index contributed by atoms with van der Waals surface area (Å²) in [6.07, 6.45) is 5.24. The zero-order chi connectivity index (χ0) is 21.1. The van der Waals surface area contributed by atoms with Crippen LogP contribution in [0.3, 0.4) is 0 Å². The number of piperidine rings is 1. The Labute approximate surface area is 184 Å². The van der Waals surface area contributed by atoms with E-state index in [1.807, 2.05) is 30.5 Å². The van der Waals surface area contributed by atoms with E-state index in [1.54, 1.807) is 11.1 Å². The first-order valence-corrected chi connectivity index (χ1v) is 11.2. The number of fused-ring (bicyclic) bond motifs is 1. The molecule has 30 heavy (non-hydrogen) atoms. The minimum Gasteiger partial charge on any atom is -0.359 e. The summed E-state index contributed by atoms with van der Waals surface area (Å²) >= 11 is 3.50. The Hall–Kier alpha value is -2.25. The van der Waals surface area contributed by atoms with Gasteiger partial charge in [-0.3, -0.25) is 9.78 Å². The fraction of sp³-hybridized carbons (Fsp3) is 0.391. The van der Waals surface area contributed by atoms with Gasteiger partial charge < -0.3 is 15.2 Å². The number of aryl methyl sites for hydroxylation is 1. The van der Waals surface area contributed by atoms with Crippen molar-refractivity contribution >= 4 is 32.7 Å². The van der Waals surface area contributed by atoms with Crippen LogP contribution in [0.15, 0.2) is 47.2 Å². The second-order valence-corrected chi connectivity index (χ2v) is 8.78. The molecule has 0 saturated carbocycles. The summed E-state index contributed by atoms with van der Waals surface area (Å²) in [5.74, 6) is -0.0467. The number of benzene rings is 1. The van der Waals surface area contributed by atoms with Crippen LogP contribution in [0.25, 0.3) is 10.9 Å². The number of aromatic nitrogens is 2. The smallest absolute Gasteiger partial charge is 0.256 e. The molecule has 0 spiro atoms. The lowest BCUT2D eigenvalue weighted by molar-refractivity contribution is 0.0436. The number of alkyl halides is 1. The maximum absolute atomic E-state index is 15.2. The van der Waals surface area contributed by atoms with Gasteiger partial charge in [-0.2, -0.15) is 0 Å². The highest BCUT2D eigenvalue weighted by atomic mass is 79.9. The Bertz CT molecular complexity index is 1030. The molecule has 1 aliphatic heterocycles. The van der Waals surface area contributed by atoms with Crippen molar-refractivity contribution in [1.29, 1.82) is 0 Å². The van der Waals surface area contributed by atoms with Crippen LogP contribution in [0.2, 0.25) is 0 Å². The molecule has 0 aliphatic carbocycles. The summed E-state index contributed by atoms with van der Waals surface area (Å²) in [6.45, 7) is 3.74. The molecule has 0 radical (unpaired) electrons. The van der Waals surface area contributed by atoms with Crippen molar-refractivity contribution in [3.63, 3.8) is 0 Å². The second-order valence-electron chi connectivity index (χ2n) is 7.92. The fourth-order valence-corrected chi connectivity index (χ4v) is 4.42. The topological polar surface area (TPSA) is 61.0 Å². The van der Waals surface area contributed by atoms with Crippen LogP contribution < -0.4 is 5.32 Å². The number of amides is 1. The molecule has 1 aromatic carbocycles. The summed E-state index contributed by atoms with van der Waals surface area (Å²) < 4.78 is 16.2. The molecule has 1 aliphatic rings. The maximum Gasteiger partial charge on any atom is 0.256 e. The zero-order valence-electron chi connectivity index (χ0n) is 17.0. The molecular weight excluding hydrogens is 447 g/mol. The second kappa shape index (κ2) is 8.86. The first-order chi connectivity index (χ1) is 14.5. The number of para-hydroxylation sites is 1. The largest absolute Gasteiger partial charge is 0.359 e. The third-order valence-corrected chi connectivity index (χ3v) is 6.54. The lowest BCUT2D eigenvalue weighted by Gasteiger charge is -2.36. The Morgan fingerprint density at radius 1 is 1.30 bits per heavy atom. The number of H-pyrrole nitrogens is 1. The van der Waals surface area contributed by atoms with Gasteiger partial charge in [-0.1, -0.05) is 25.1 Å². The molecule has 2 aromatic heterocycles. The van der Waals surface area contributed by atoms with E-state index in [4.69, 9.17) is 0 Å². The van der Waals surface area contributed by atoms with Crippen molar-refractivity contribution in [2.45, 2.75) is 38.4 Å². The van der Waals surface area contributed by atoms with E-state index in [0.29, 0.717) is 38.0 Å². The third kappa shape index (κ3) is 4.42. The Morgan fingerprint density at radius 3 is 2.80 bits per heavy atom. The molecule has 4 rings (SSSR count). The summed E-state index contributed by atoms with van der Waals surface area (Å²) in [7, 11) is 0. The minimum atomic E-state index is -1.30. The van der Waals surface area contributed by atoms with Gasteiger partial charge in [-0.25, -0.2) is 4.39 Å². The molecule has 0 bridgehead atoms. The van der Waals surface area contributed by atoms with Gasteiger partial charge in [0.25, 0.3) is 5.91 Å². The van der Waals surface area contributed by atoms with E-state index in [-0.39, 0.29) is 12.5 Å². The number of nitrogens with zero attached hydrogens (tertiary/aromatic N) is 2. The number of halogens is 2. The van der Waals surface area contributed by atoms with E-state index < -0.39 is 5.67 Å². The van der Waals surface area contributed by atoms with Crippen molar-refractivity contribution in [2.24, 2.45) is 0 Å². The van der Waals surface area contributed by atoms with Gasteiger partial charge in [0.1, 0.15) is 5.67 Å². The highest BCUT2D eigenvalue weighted by Crippen LogP contribution is 2.30. The van der Waals surface area contributed by atoms with E-state index >= 15 is 4.39 Å². The van der Waals surface area contributed by atoms with Crippen LogP contribution in [-0.4, -0.2) is 46.1 Å². The van der Waals surface area contributed by atoms with Crippen molar-refractivity contribution in [2.75, 3.05) is 19.6 Å². The highest BCUT2D eigenvalue weighted by Gasteiger charge is 2.36. The van der Waals surface area contributed by atoms with Crippen LogP contribution >= 0.6 is 15.9 Å². The molecule has 0 atom stereocenters. The van der Waals surface area contributed by atoms with Crippen LogP contribution in [0.4, 0.5) is 4.39 Å². The van der Waals surface area contributed by atoms with Crippen LogP contribution in [-0.2, 0) is 13.0 Å². The first kappa shape index (κ1) is 21.0. The van der Waals surface area contributed by atoms with E-state index in [2.05, 4.69) is 44.2 Å². The van der Waals surface area contributed by atoms with Crippen molar-refractivity contribution in [3.05, 3.63) is 64.0 Å². The molecule has 0 unspecified atom stereocenters. The van der Waals surface area contributed by atoms with Gasteiger partial charge in [-0.05, 0) is 40.0 Å². The number of rotatable bonds is 6. The first-order valence-electron chi connectivity index (χ1n) is 10.4. The average Bonchev–Trinajstić information content (AvgIpc) is 3.20. The van der Waals surface area contributed by atoms with Gasteiger partial charge in [0.05, 0.1) is 16.8 Å². The zero-order valence-corrected chi connectivity index (χ0v) is 18.6. The predicted octanol–water partition coefficient (Wildman–Crippen LogP) is 4.62. The van der Waals surface area contributed by atoms with Gasteiger partial charge in [-0.15, -0.1) is 0 Å². The molecule has 2 N–H and O–H groups in total. The molecule has 1 fully saturated rings. The summed E-state index contributed by atoms with van der Waals surface area (Å²) in [5.41, 5.74) is 2.35. The molecule has 3 heterocycles. The molecule has 5 nitrogen and oxygen atoms in total. The number of hydrogen-bond acceptors (Lipinski definition) is 3. The number of carbonyl (C=O) groups is 1. The van der Waals surface area contributed by atoms with E-state index in [9.17, 15) is 4.79 Å². The SMILES string of the molecule is CCc1ccc(CNCC2(F)CCN(C(=O)c3c[nH]c4c(Br)cccc34)CC2)nc1. The van der Waals surface area contributed by atoms with Gasteiger partial charge in [0.15, 0.2) is 0 Å². The van der Waals surface area contributed by atoms with Crippen LogP contribution in [0.1, 0.15) is 41.4 Å². The number of carbonyl (C=O) groups excluding carboxylic acids is 1. The molecule has 1 amide bonds. The minimum absolute atomic E-state index is 0.0467. The summed E-state index contributed by atoms with van der Waals surface area (Å²) in [4.78, 5) is 22.3. The number of likely N-dealkylation sites (tertiary alicyclic amines) is 1. The number of nitrogens with one attached hydrogen (secondary N) is 2. The van der Waals surface area contributed by atoms with Crippen molar-refractivity contribution < 1.29 is 9.18 Å². The van der Waals surface area contributed by atoms with Crippen LogP contribution in [0, 0.1) is 0 Å². The Balaban J connectivity index is 1.32. The monoisotopic (exact) mass is 472 g/mol.